The molecule has 2 rings (SSSR count). The monoisotopic (exact) mass is 264 g/mol. The molecule has 2 nitrogen and oxygen atoms in total. The van der Waals surface area contributed by atoms with Gasteiger partial charge in [-0.05, 0) is 59.3 Å². The van der Waals surface area contributed by atoms with E-state index in [1.807, 2.05) is 6.07 Å². The third-order valence-electron chi connectivity index (χ3n) is 3.09. The Hall–Kier alpha value is -1.23. The van der Waals surface area contributed by atoms with E-state index in [0.717, 1.165) is 18.4 Å². The minimum atomic E-state index is -0.174. The topological polar surface area (TPSA) is 38.0 Å². The summed E-state index contributed by atoms with van der Waals surface area (Å²) < 4.78 is 13.2. The van der Waals surface area contributed by atoms with Crippen LogP contribution in [0.2, 0.25) is 0 Å². The second-order valence-electron chi connectivity index (χ2n) is 4.40. The third kappa shape index (κ3) is 3.16. The van der Waals surface area contributed by atoms with Crippen LogP contribution in [0.3, 0.4) is 0 Å². The van der Waals surface area contributed by atoms with Crippen molar-refractivity contribution < 1.29 is 4.39 Å². The lowest BCUT2D eigenvalue weighted by Gasteiger charge is -2.16. The molecule has 0 radical (unpaired) electrons. The van der Waals surface area contributed by atoms with Gasteiger partial charge in [-0.25, -0.2) is 4.39 Å². The van der Waals surface area contributed by atoms with E-state index in [4.69, 9.17) is 5.84 Å². The van der Waals surface area contributed by atoms with Crippen LogP contribution in [0.15, 0.2) is 35.0 Å². The first-order chi connectivity index (χ1) is 8.70. The van der Waals surface area contributed by atoms with Gasteiger partial charge in [0.25, 0.3) is 0 Å². The second kappa shape index (κ2) is 6.09. The van der Waals surface area contributed by atoms with Gasteiger partial charge in [0.15, 0.2) is 0 Å². The molecule has 0 aliphatic carbocycles. The highest BCUT2D eigenvalue weighted by Crippen LogP contribution is 2.21. The van der Waals surface area contributed by atoms with Crippen molar-refractivity contribution in [2.75, 3.05) is 0 Å². The van der Waals surface area contributed by atoms with Crippen molar-refractivity contribution in [3.63, 3.8) is 0 Å². The van der Waals surface area contributed by atoms with Gasteiger partial charge in [-0.1, -0.05) is 12.1 Å². The summed E-state index contributed by atoms with van der Waals surface area (Å²) >= 11 is 1.70. The summed E-state index contributed by atoms with van der Waals surface area (Å²) in [6, 6.07) is 7.33. The number of rotatable bonds is 5. The van der Waals surface area contributed by atoms with Gasteiger partial charge in [-0.15, -0.1) is 0 Å². The van der Waals surface area contributed by atoms with Crippen LogP contribution in [-0.4, -0.2) is 0 Å². The Morgan fingerprint density at radius 3 is 2.83 bits per heavy atom. The predicted molar refractivity (Wildman–Crippen MR) is 73.8 cm³/mol. The number of benzene rings is 1. The van der Waals surface area contributed by atoms with Crippen molar-refractivity contribution in [3.8, 4) is 0 Å². The van der Waals surface area contributed by atoms with Crippen LogP contribution in [0.1, 0.15) is 29.2 Å². The van der Waals surface area contributed by atoms with Crippen LogP contribution in [0.5, 0.6) is 0 Å². The van der Waals surface area contributed by atoms with E-state index in [2.05, 4.69) is 22.3 Å². The number of thiophene rings is 1. The predicted octanol–water partition coefficient (Wildman–Crippen LogP) is 3.33. The fourth-order valence-electron chi connectivity index (χ4n) is 1.98. The third-order valence-corrected chi connectivity index (χ3v) is 3.82. The highest BCUT2D eigenvalue weighted by molar-refractivity contribution is 7.07. The van der Waals surface area contributed by atoms with E-state index in [1.165, 1.54) is 11.6 Å². The fourth-order valence-corrected chi connectivity index (χ4v) is 2.68. The summed E-state index contributed by atoms with van der Waals surface area (Å²) in [4.78, 5) is 0. The molecule has 0 aliphatic heterocycles. The summed E-state index contributed by atoms with van der Waals surface area (Å²) in [6.45, 7) is 1.77. The zero-order chi connectivity index (χ0) is 13.0. The molecule has 4 heteroatoms. The molecule has 1 heterocycles. The number of halogens is 1. The Balaban J connectivity index is 2.05. The summed E-state index contributed by atoms with van der Waals surface area (Å²) in [6.07, 6.45) is 1.87. The van der Waals surface area contributed by atoms with Gasteiger partial charge in [0.05, 0.1) is 0 Å². The van der Waals surface area contributed by atoms with E-state index in [0.29, 0.717) is 5.56 Å². The van der Waals surface area contributed by atoms with Crippen LogP contribution >= 0.6 is 11.3 Å². The molecule has 0 spiro atoms. The second-order valence-corrected chi connectivity index (χ2v) is 5.18. The minimum Gasteiger partial charge on any atom is -0.271 e. The zero-order valence-electron chi connectivity index (χ0n) is 10.3. The summed E-state index contributed by atoms with van der Waals surface area (Å²) in [5, 5.41) is 4.21. The van der Waals surface area contributed by atoms with Crippen LogP contribution in [-0.2, 0) is 6.42 Å². The number of hydrazine groups is 1. The first-order valence-electron chi connectivity index (χ1n) is 5.94. The zero-order valence-corrected chi connectivity index (χ0v) is 11.1. The SMILES string of the molecule is Cc1cc(C(CCc2ccsc2)NN)ccc1F. The molecular formula is C14H17FN2S. The van der Waals surface area contributed by atoms with Gasteiger partial charge in [-0.2, -0.15) is 11.3 Å². The lowest BCUT2D eigenvalue weighted by molar-refractivity contribution is 0.514. The van der Waals surface area contributed by atoms with Crippen LogP contribution in [0, 0.1) is 12.7 Å². The average Bonchev–Trinajstić information content (AvgIpc) is 2.87. The molecule has 0 saturated carbocycles. The number of nitrogens with two attached hydrogens (primary N) is 1. The first-order valence-corrected chi connectivity index (χ1v) is 6.88. The molecule has 1 aromatic heterocycles. The molecule has 0 bridgehead atoms. The number of hydrogen-bond acceptors (Lipinski definition) is 3. The van der Waals surface area contributed by atoms with Gasteiger partial charge < -0.3 is 0 Å². The van der Waals surface area contributed by atoms with Crippen molar-refractivity contribution in [1.82, 2.24) is 5.43 Å². The molecule has 0 amide bonds. The lowest BCUT2D eigenvalue weighted by atomic mass is 9.99. The van der Waals surface area contributed by atoms with Gasteiger partial charge in [0.1, 0.15) is 5.82 Å². The van der Waals surface area contributed by atoms with E-state index in [1.54, 1.807) is 24.3 Å². The van der Waals surface area contributed by atoms with Gasteiger partial charge in [0.2, 0.25) is 0 Å². The quantitative estimate of drug-likeness (QED) is 0.642. The Labute approximate surface area is 111 Å². The van der Waals surface area contributed by atoms with Gasteiger partial charge >= 0.3 is 0 Å². The van der Waals surface area contributed by atoms with Crippen molar-refractivity contribution in [2.45, 2.75) is 25.8 Å². The maximum Gasteiger partial charge on any atom is 0.126 e. The van der Waals surface area contributed by atoms with Crippen molar-refractivity contribution in [1.29, 1.82) is 0 Å². The Bertz CT molecular complexity index is 497. The fraction of sp³-hybridized carbons (Fsp3) is 0.286. The molecule has 2 aromatic rings. The van der Waals surface area contributed by atoms with Crippen molar-refractivity contribution >= 4 is 11.3 Å². The molecule has 3 N–H and O–H groups in total. The molecule has 96 valence electrons. The Kier molecular flexibility index (Phi) is 4.47. The molecular weight excluding hydrogens is 247 g/mol. The van der Waals surface area contributed by atoms with E-state index < -0.39 is 0 Å². The molecule has 0 aliphatic rings. The average molecular weight is 264 g/mol. The maximum absolute atomic E-state index is 13.2. The molecule has 0 fully saturated rings. The normalized spacial score (nSPS) is 12.6. The number of aryl methyl sites for hydroxylation is 2. The molecule has 1 aromatic carbocycles. The highest BCUT2D eigenvalue weighted by atomic mass is 32.1. The number of hydrogen-bond donors (Lipinski definition) is 2. The smallest absolute Gasteiger partial charge is 0.126 e. The minimum absolute atomic E-state index is 0.0594. The van der Waals surface area contributed by atoms with Gasteiger partial charge in [-0.3, -0.25) is 11.3 Å². The summed E-state index contributed by atoms with van der Waals surface area (Å²) in [5.41, 5.74) is 5.82. The van der Waals surface area contributed by atoms with Crippen LogP contribution < -0.4 is 11.3 Å². The summed E-state index contributed by atoms with van der Waals surface area (Å²) in [7, 11) is 0. The van der Waals surface area contributed by atoms with E-state index in [9.17, 15) is 4.39 Å². The molecule has 18 heavy (non-hydrogen) atoms. The summed E-state index contributed by atoms with van der Waals surface area (Å²) in [5.74, 6) is 5.42. The van der Waals surface area contributed by atoms with E-state index in [-0.39, 0.29) is 11.9 Å². The van der Waals surface area contributed by atoms with Crippen LogP contribution in [0.4, 0.5) is 4.39 Å². The van der Waals surface area contributed by atoms with Crippen LogP contribution in [0.25, 0.3) is 0 Å². The van der Waals surface area contributed by atoms with Crippen molar-refractivity contribution in [3.05, 3.63) is 57.5 Å². The maximum atomic E-state index is 13.2. The van der Waals surface area contributed by atoms with E-state index >= 15 is 0 Å². The Morgan fingerprint density at radius 1 is 1.39 bits per heavy atom. The largest absolute Gasteiger partial charge is 0.271 e. The lowest BCUT2D eigenvalue weighted by Crippen LogP contribution is -2.28. The standard InChI is InChI=1S/C14H17FN2S/c1-10-8-12(3-4-13(10)15)14(17-16)5-2-11-6-7-18-9-11/h3-4,6-9,14,17H,2,5,16H2,1H3. The first kappa shape index (κ1) is 13.2. The highest BCUT2D eigenvalue weighted by Gasteiger charge is 2.11. The van der Waals surface area contributed by atoms with Crippen molar-refractivity contribution in [2.24, 2.45) is 5.84 Å². The number of nitrogens with one attached hydrogen (secondary N) is 1. The van der Waals surface area contributed by atoms with Gasteiger partial charge in [0, 0.05) is 6.04 Å². The molecule has 0 saturated heterocycles. The molecule has 1 atom stereocenters. The molecule has 1 unspecified atom stereocenters. The Morgan fingerprint density at radius 2 is 2.22 bits per heavy atom.